The molecule has 5 heteroatoms. The van der Waals surface area contributed by atoms with Crippen molar-refractivity contribution in [2.24, 2.45) is 5.73 Å². The normalized spacial score (nSPS) is 10.3. The molecule has 2 aromatic carbocycles. The lowest BCUT2D eigenvalue weighted by Gasteiger charge is -2.12. The van der Waals surface area contributed by atoms with E-state index in [0.717, 1.165) is 17.3 Å². The van der Waals surface area contributed by atoms with Crippen LogP contribution in [0.25, 0.3) is 0 Å². The summed E-state index contributed by atoms with van der Waals surface area (Å²) in [7, 11) is 0. The van der Waals surface area contributed by atoms with Crippen molar-refractivity contribution >= 4 is 22.9 Å². The first kappa shape index (κ1) is 14.4. The minimum absolute atomic E-state index is 0.227. The van der Waals surface area contributed by atoms with Crippen molar-refractivity contribution in [3.8, 4) is 0 Å². The Hall–Kier alpha value is -2.01. The summed E-state index contributed by atoms with van der Waals surface area (Å²) in [5, 5.41) is 3.07. The quantitative estimate of drug-likeness (QED) is 0.847. The SMILES string of the molecule is Cc1ccc(NCc2ccc(F)cc2F)c(C(N)=S)c1. The molecule has 0 unspecified atom stereocenters. The van der Waals surface area contributed by atoms with E-state index in [1.807, 2.05) is 25.1 Å². The average Bonchev–Trinajstić information content (AvgIpc) is 2.38. The van der Waals surface area contributed by atoms with Crippen LogP contribution in [0.5, 0.6) is 0 Å². The Morgan fingerprint density at radius 2 is 1.95 bits per heavy atom. The van der Waals surface area contributed by atoms with Crippen molar-refractivity contribution in [1.82, 2.24) is 0 Å². The van der Waals surface area contributed by atoms with E-state index in [-0.39, 0.29) is 11.5 Å². The van der Waals surface area contributed by atoms with Gasteiger partial charge in [0.05, 0.1) is 0 Å². The highest BCUT2D eigenvalue weighted by atomic mass is 32.1. The number of aryl methyl sites for hydroxylation is 1. The van der Waals surface area contributed by atoms with Crippen LogP contribution in [0, 0.1) is 18.6 Å². The molecule has 0 heterocycles. The van der Waals surface area contributed by atoms with Crippen LogP contribution >= 0.6 is 12.2 Å². The molecule has 104 valence electrons. The van der Waals surface area contributed by atoms with Gasteiger partial charge in [-0.05, 0) is 25.1 Å². The van der Waals surface area contributed by atoms with Crippen molar-refractivity contribution in [2.75, 3.05) is 5.32 Å². The number of anilines is 1. The maximum atomic E-state index is 13.5. The Morgan fingerprint density at radius 3 is 2.60 bits per heavy atom. The number of hydrogen-bond acceptors (Lipinski definition) is 2. The van der Waals surface area contributed by atoms with Crippen LogP contribution in [0.1, 0.15) is 16.7 Å². The van der Waals surface area contributed by atoms with Crippen molar-refractivity contribution in [3.63, 3.8) is 0 Å². The molecule has 20 heavy (non-hydrogen) atoms. The molecule has 0 aliphatic heterocycles. The molecule has 2 rings (SSSR count). The monoisotopic (exact) mass is 292 g/mol. The molecule has 0 saturated heterocycles. The van der Waals surface area contributed by atoms with E-state index in [4.69, 9.17) is 18.0 Å². The van der Waals surface area contributed by atoms with Gasteiger partial charge in [-0.15, -0.1) is 0 Å². The second-order valence-corrected chi connectivity index (χ2v) is 4.94. The Kier molecular flexibility index (Phi) is 4.29. The molecule has 0 aliphatic rings. The molecule has 0 aliphatic carbocycles. The van der Waals surface area contributed by atoms with Gasteiger partial charge in [-0.3, -0.25) is 0 Å². The molecule has 0 bridgehead atoms. The summed E-state index contributed by atoms with van der Waals surface area (Å²) in [6, 6.07) is 9.11. The predicted molar refractivity (Wildman–Crippen MR) is 80.8 cm³/mol. The van der Waals surface area contributed by atoms with Gasteiger partial charge in [-0.25, -0.2) is 8.78 Å². The first-order valence-electron chi connectivity index (χ1n) is 6.05. The smallest absolute Gasteiger partial charge is 0.131 e. The third-order valence-corrected chi connectivity index (χ3v) is 3.14. The van der Waals surface area contributed by atoms with Crippen molar-refractivity contribution < 1.29 is 8.78 Å². The van der Waals surface area contributed by atoms with Crippen LogP contribution in [0.3, 0.4) is 0 Å². The molecule has 2 aromatic rings. The standard InChI is InChI=1S/C15H14F2N2S/c1-9-2-5-14(12(6-9)15(18)20)19-8-10-3-4-11(16)7-13(10)17/h2-7,19H,8H2,1H3,(H2,18,20). The Labute approximate surface area is 121 Å². The van der Waals surface area contributed by atoms with Crippen LogP contribution in [-0.4, -0.2) is 4.99 Å². The molecule has 0 atom stereocenters. The maximum Gasteiger partial charge on any atom is 0.131 e. The number of thiocarbonyl (C=S) groups is 1. The molecule has 3 N–H and O–H groups in total. The largest absolute Gasteiger partial charge is 0.389 e. The summed E-state index contributed by atoms with van der Waals surface area (Å²) in [4.78, 5) is 0.274. The summed E-state index contributed by atoms with van der Waals surface area (Å²) in [5.41, 5.74) is 8.52. The van der Waals surface area contributed by atoms with Gasteiger partial charge in [-0.2, -0.15) is 0 Å². The van der Waals surface area contributed by atoms with Gasteiger partial charge in [0.15, 0.2) is 0 Å². The molecule has 0 aromatic heterocycles. The number of nitrogens with two attached hydrogens (primary N) is 1. The maximum absolute atomic E-state index is 13.5. The van der Waals surface area contributed by atoms with Crippen molar-refractivity contribution in [1.29, 1.82) is 0 Å². The van der Waals surface area contributed by atoms with E-state index in [1.54, 1.807) is 0 Å². The third-order valence-electron chi connectivity index (χ3n) is 2.92. The molecule has 0 radical (unpaired) electrons. The second kappa shape index (κ2) is 5.96. The summed E-state index contributed by atoms with van der Waals surface area (Å²) >= 11 is 5.00. The van der Waals surface area contributed by atoms with Crippen molar-refractivity contribution in [2.45, 2.75) is 13.5 Å². The first-order valence-corrected chi connectivity index (χ1v) is 6.46. The van der Waals surface area contributed by atoms with Crippen LogP contribution in [0.2, 0.25) is 0 Å². The summed E-state index contributed by atoms with van der Waals surface area (Å²) in [6.45, 7) is 2.16. The number of benzene rings is 2. The molecular weight excluding hydrogens is 278 g/mol. The lowest BCUT2D eigenvalue weighted by Crippen LogP contribution is -2.13. The average molecular weight is 292 g/mol. The topological polar surface area (TPSA) is 38.0 Å². The Balaban J connectivity index is 2.20. The fourth-order valence-electron chi connectivity index (χ4n) is 1.87. The van der Waals surface area contributed by atoms with Gasteiger partial charge in [0.2, 0.25) is 0 Å². The van der Waals surface area contributed by atoms with Gasteiger partial charge in [0.1, 0.15) is 16.6 Å². The van der Waals surface area contributed by atoms with Gasteiger partial charge >= 0.3 is 0 Å². The highest BCUT2D eigenvalue weighted by molar-refractivity contribution is 7.80. The molecule has 2 nitrogen and oxygen atoms in total. The molecule has 0 spiro atoms. The van der Waals surface area contributed by atoms with Gasteiger partial charge in [-0.1, -0.05) is 29.9 Å². The number of hydrogen-bond donors (Lipinski definition) is 2. The van der Waals surface area contributed by atoms with Crippen LogP contribution in [0.15, 0.2) is 36.4 Å². The van der Waals surface area contributed by atoms with E-state index in [2.05, 4.69) is 5.32 Å². The minimum atomic E-state index is -0.592. The lowest BCUT2D eigenvalue weighted by molar-refractivity contribution is 0.574. The van der Waals surface area contributed by atoms with E-state index in [0.29, 0.717) is 11.1 Å². The molecule has 0 saturated carbocycles. The molecular formula is C15H14F2N2S. The zero-order chi connectivity index (χ0) is 14.7. The molecule has 0 fully saturated rings. The Bertz CT molecular complexity index is 656. The van der Waals surface area contributed by atoms with E-state index >= 15 is 0 Å². The van der Waals surface area contributed by atoms with Gasteiger partial charge < -0.3 is 11.1 Å². The molecule has 0 amide bonds. The van der Waals surface area contributed by atoms with E-state index < -0.39 is 11.6 Å². The number of halogens is 2. The van der Waals surface area contributed by atoms with Crippen LogP contribution in [-0.2, 0) is 6.54 Å². The third kappa shape index (κ3) is 3.30. The fourth-order valence-corrected chi connectivity index (χ4v) is 2.04. The highest BCUT2D eigenvalue weighted by Crippen LogP contribution is 2.19. The van der Waals surface area contributed by atoms with E-state index in [1.165, 1.54) is 12.1 Å². The number of rotatable bonds is 4. The Morgan fingerprint density at radius 1 is 1.20 bits per heavy atom. The van der Waals surface area contributed by atoms with Crippen molar-refractivity contribution in [3.05, 3.63) is 64.7 Å². The van der Waals surface area contributed by atoms with Crippen LogP contribution in [0.4, 0.5) is 14.5 Å². The highest BCUT2D eigenvalue weighted by Gasteiger charge is 2.07. The van der Waals surface area contributed by atoms with Crippen LogP contribution < -0.4 is 11.1 Å². The van der Waals surface area contributed by atoms with Gasteiger partial charge in [0, 0.05) is 29.4 Å². The fraction of sp³-hybridized carbons (Fsp3) is 0.133. The summed E-state index contributed by atoms with van der Waals surface area (Å²) < 4.78 is 26.4. The summed E-state index contributed by atoms with van der Waals surface area (Å²) in [6.07, 6.45) is 0. The van der Waals surface area contributed by atoms with Gasteiger partial charge in [0.25, 0.3) is 0 Å². The predicted octanol–water partition coefficient (Wildman–Crippen LogP) is 3.52. The lowest BCUT2D eigenvalue weighted by atomic mass is 10.1. The van der Waals surface area contributed by atoms with E-state index in [9.17, 15) is 8.78 Å². The number of nitrogens with one attached hydrogen (secondary N) is 1. The zero-order valence-electron chi connectivity index (χ0n) is 10.9. The zero-order valence-corrected chi connectivity index (χ0v) is 11.7. The minimum Gasteiger partial charge on any atom is -0.389 e. The summed E-state index contributed by atoms with van der Waals surface area (Å²) in [5.74, 6) is -1.17. The second-order valence-electron chi connectivity index (χ2n) is 4.50. The first-order chi connectivity index (χ1) is 9.47.